The van der Waals surface area contributed by atoms with E-state index in [1.807, 2.05) is 65.5 Å². The Kier molecular flexibility index (Phi) is 6.22. The number of pyridine rings is 1. The molecule has 0 bridgehead atoms. The van der Waals surface area contributed by atoms with Gasteiger partial charge in [0.05, 0.1) is 30.5 Å². The number of morpholine rings is 1. The van der Waals surface area contributed by atoms with Crippen LogP contribution >= 0.6 is 0 Å². The first-order chi connectivity index (χ1) is 16.5. The molecule has 0 saturated carbocycles. The zero-order valence-electron chi connectivity index (χ0n) is 19.7. The van der Waals surface area contributed by atoms with Crippen molar-refractivity contribution in [2.24, 2.45) is 0 Å². The summed E-state index contributed by atoms with van der Waals surface area (Å²) in [6.07, 6.45) is 3.62. The second kappa shape index (κ2) is 9.44. The smallest absolute Gasteiger partial charge is 0.258 e. The van der Waals surface area contributed by atoms with Crippen molar-refractivity contribution in [3.63, 3.8) is 0 Å². The molecule has 0 spiro atoms. The fraction of sp³-hybridized carbons (Fsp3) is 0.333. The largest absolute Gasteiger partial charge is 0.489 e. The fourth-order valence-corrected chi connectivity index (χ4v) is 4.45. The van der Waals surface area contributed by atoms with Gasteiger partial charge in [-0.3, -0.25) is 18.9 Å². The van der Waals surface area contributed by atoms with E-state index in [9.17, 15) is 4.79 Å². The molecule has 1 fully saturated rings. The van der Waals surface area contributed by atoms with E-state index in [2.05, 4.69) is 23.8 Å². The average molecular weight is 459 g/mol. The van der Waals surface area contributed by atoms with Crippen LogP contribution in [0.15, 0.2) is 77.9 Å². The van der Waals surface area contributed by atoms with E-state index in [1.54, 1.807) is 10.8 Å². The van der Waals surface area contributed by atoms with Crippen LogP contribution in [0.1, 0.15) is 19.4 Å². The Morgan fingerprint density at radius 1 is 1.06 bits per heavy atom. The molecule has 0 amide bonds. The Morgan fingerprint density at radius 3 is 2.71 bits per heavy atom. The number of hydrogen-bond donors (Lipinski definition) is 0. The van der Waals surface area contributed by atoms with Crippen molar-refractivity contribution in [1.82, 2.24) is 19.2 Å². The maximum absolute atomic E-state index is 12.8. The van der Waals surface area contributed by atoms with Gasteiger partial charge in [-0.25, -0.2) is 0 Å². The minimum Gasteiger partial charge on any atom is -0.489 e. The van der Waals surface area contributed by atoms with Gasteiger partial charge in [0.1, 0.15) is 12.4 Å². The highest BCUT2D eigenvalue weighted by molar-refractivity contribution is 5.80. The molecule has 1 aliphatic heterocycles. The topological polar surface area (TPSA) is 61.5 Å². The summed E-state index contributed by atoms with van der Waals surface area (Å²) in [5.74, 6) is 0.560. The molecular weight excluding hydrogens is 428 g/mol. The summed E-state index contributed by atoms with van der Waals surface area (Å²) in [5, 5.41) is 5.60. The molecule has 4 aromatic rings. The molecule has 1 aliphatic rings. The number of aromatic nitrogens is 3. The third-order valence-corrected chi connectivity index (χ3v) is 6.18. The van der Waals surface area contributed by atoms with Gasteiger partial charge >= 0.3 is 0 Å². The molecular formula is C27H30N4O3. The van der Waals surface area contributed by atoms with E-state index >= 15 is 0 Å². The lowest BCUT2D eigenvalue weighted by molar-refractivity contribution is -0.0865. The van der Waals surface area contributed by atoms with Crippen molar-refractivity contribution in [3.8, 4) is 11.4 Å². The van der Waals surface area contributed by atoms with Crippen LogP contribution in [0.2, 0.25) is 0 Å². The monoisotopic (exact) mass is 458 g/mol. The van der Waals surface area contributed by atoms with Crippen LogP contribution in [-0.4, -0.2) is 51.1 Å². The summed E-state index contributed by atoms with van der Waals surface area (Å²) < 4.78 is 15.3. The summed E-state index contributed by atoms with van der Waals surface area (Å²) in [5.41, 5.74) is 2.70. The molecule has 2 aromatic heterocycles. The highest BCUT2D eigenvalue weighted by Crippen LogP contribution is 2.20. The van der Waals surface area contributed by atoms with Crippen molar-refractivity contribution in [1.29, 1.82) is 0 Å². The highest BCUT2D eigenvalue weighted by Gasteiger charge is 2.26. The first-order valence-electron chi connectivity index (χ1n) is 11.7. The molecule has 0 aliphatic carbocycles. The van der Waals surface area contributed by atoms with Crippen LogP contribution in [0.4, 0.5) is 0 Å². The molecule has 0 N–H and O–H groups in total. The molecule has 176 valence electrons. The van der Waals surface area contributed by atoms with Crippen molar-refractivity contribution in [2.75, 3.05) is 26.2 Å². The summed E-state index contributed by atoms with van der Waals surface area (Å²) >= 11 is 0. The molecule has 2 aromatic carbocycles. The van der Waals surface area contributed by atoms with Crippen LogP contribution in [-0.2, 0) is 17.9 Å². The summed E-state index contributed by atoms with van der Waals surface area (Å²) in [4.78, 5) is 15.2. The van der Waals surface area contributed by atoms with Gasteiger partial charge in [0.15, 0.2) is 0 Å². The molecule has 0 unspecified atom stereocenters. The fourth-order valence-electron chi connectivity index (χ4n) is 4.45. The average Bonchev–Trinajstić information content (AvgIpc) is 3.24. The maximum atomic E-state index is 12.8. The lowest BCUT2D eigenvalue weighted by Crippen LogP contribution is -2.49. The van der Waals surface area contributed by atoms with E-state index in [0.717, 1.165) is 54.9 Å². The first kappa shape index (κ1) is 22.4. The van der Waals surface area contributed by atoms with Crippen molar-refractivity contribution >= 4 is 10.9 Å². The Bertz CT molecular complexity index is 1330. The number of rotatable bonds is 7. The first-order valence-corrected chi connectivity index (χ1v) is 11.7. The van der Waals surface area contributed by atoms with Gasteiger partial charge in [0, 0.05) is 43.0 Å². The van der Waals surface area contributed by atoms with Crippen LogP contribution < -0.4 is 10.3 Å². The van der Waals surface area contributed by atoms with Crippen molar-refractivity contribution in [3.05, 3.63) is 89.0 Å². The summed E-state index contributed by atoms with van der Waals surface area (Å²) in [6.45, 7) is 9.06. The Hall–Kier alpha value is -3.42. The Labute approximate surface area is 199 Å². The Morgan fingerprint density at radius 2 is 1.91 bits per heavy atom. The molecule has 34 heavy (non-hydrogen) atoms. The van der Waals surface area contributed by atoms with Gasteiger partial charge in [-0.05, 0) is 43.7 Å². The molecule has 3 heterocycles. The van der Waals surface area contributed by atoms with E-state index in [-0.39, 0.29) is 11.2 Å². The molecule has 0 atom stereocenters. The third-order valence-electron chi connectivity index (χ3n) is 6.18. The molecule has 0 radical (unpaired) electrons. The van der Waals surface area contributed by atoms with Crippen LogP contribution in [0, 0.1) is 0 Å². The Balaban J connectivity index is 1.27. The normalized spacial score (nSPS) is 16.1. The van der Waals surface area contributed by atoms with Gasteiger partial charge < -0.3 is 9.47 Å². The van der Waals surface area contributed by atoms with Crippen molar-refractivity contribution in [2.45, 2.75) is 32.6 Å². The van der Waals surface area contributed by atoms with E-state index in [1.165, 1.54) is 6.07 Å². The van der Waals surface area contributed by atoms with Crippen LogP contribution in [0.25, 0.3) is 16.6 Å². The predicted molar refractivity (Wildman–Crippen MR) is 133 cm³/mol. The van der Waals surface area contributed by atoms with Crippen LogP contribution in [0.3, 0.4) is 0 Å². The SMILES string of the molecule is CC1(C)CN(CCn2ncc3cc(-n4ccc(OCc5ccccc5)cc4=O)ccc32)CCO1. The minimum atomic E-state index is -0.132. The zero-order chi connectivity index (χ0) is 23.5. The second-order valence-electron chi connectivity index (χ2n) is 9.34. The number of benzene rings is 2. The number of ether oxygens (including phenoxy) is 2. The lowest BCUT2D eigenvalue weighted by Gasteiger charge is -2.38. The molecule has 1 saturated heterocycles. The maximum Gasteiger partial charge on any atom is 0.258 e. The summed E-state index contributed by atoms with van der Waals surface area (Å²) in [6, 6.07) is 19.3. The minimum absolute atomic E-state index is 0.102. The van der Waals surface area contributed by atoms with Gasteiger partial charge in [0.25, 0.3) is 5.56 Å². The lowest BCUT2D eigenvalue weighted by atomic mass is 10.1. The zero-order valence-corrected chi connectivity index (χ0v) is 19.7. The highest BCUT2D eigenvalue weighted by atomic mass is 16.5. The molecule has 7 heteroatoms. The number of hydrogen-bond acceptors (Lipinski definition) is 5. The number of fused-ring (bicyclic) bond motifs is 1. The standard InChI is InChI=1S/C27H30N4O3/c1-27(2)20-29(14-15-34-27)12-13-31-25-9-8-23(16-22(25)18-28-31)30-11-10-24(17-26(30)32)33-19-21-6-4-3-5-7-21/h3-11,16-18H,12-15,19-20H2,1-2H3. The second-order valence-corrected chi connectivity index (χ2v) is 9.34. The molecule has 5 rings (SSSR count). The van der Waals surface area contributed by atoms with Gasteiger partial charge in [-0.15, -0.1) is 0 Å². The molecule has 7 nitrogen and oxygen atoms in total. The van der Waals surface area contributed by atoms with Crippen LogP contribution in [0.5, 0.6) is 5.75 Å². The summed E-state index contributed by atoms with van der Waals surface area (Å²) in [7, 11) is 0. The quantitative estimate of drug-likeness (QED) is 0.421. The third kappa shape index (κ3) is 5.05. The predicted octanol–water partition coefficient (Wildman–Crippen LogP) is 3.88. The van der Waals surface area contributed by atoms with E-state index in [4.69, 9.17) is 9.47 Å². The number of nitrogens with zero attached hydrogens (tertiary/aromatic N) is 4. The van der Waals surface area contributed by atoms with Gasteiger partial charge in [-0.1, -0.05) is 30.3 Å². The van der Waals surface area contributed by atoms with E-state index < -0.39 is 0 Å². The van der Waals surface area contributed by atoms with Gasteiger partial charge in [-0.2, -0.15) is 5.10 Å². The van der Waals surface area contributed by atoms with Crippen molar-refractivity contribution < 1.29 is 9.47 Å². The van der Waals surface area contributed by atoms with Gasteiger partial charge in [0.2, 0.25) is 0 Å². The van der Waals surface area contributed by atoms with E-state index in [0.29, 0.717) is 12.4 Å².